The number of nitrogens with zero attached hydrogens (tertiary/aromatic N) is 1. The molecule has 164 valence electrons. The Bertz CT molecular complexity index is 949. The maximum Gasteiger partial charge on any atom is 0.363 e. The average molecular weight is 434 g/mol. The molecular formula is C22H31N2O5P. The number of hydrogen-bond donors (Lipinski definition) is 2. The van der Waals surface area contributed by atoms with Crippen LogP contribution in [0.4, 0.5) is 5.69 Å². The van der Waals surface area contributed by atoms with Crippen LogP contribution >= 0.6 is 7.60 Å². The predicted molar refractivity (Wildman–Crippen MR) is 120 cm³/mol. The number of ether oxygens (including phenoxy) is 1. The molecular weight excluding hydrogens is 403 g/mol. The first-order chi connectivity index (χ1) is 14.3. The van der Waals surface area contributed by atoms with Gasteiger partial charge in [-0.05, 0) is 76.9 Å². The van der Waals surface area contributed by atoms with E-state index in [1.54, 1.807) is 39.1 Å². The zero-order valence-corrected chi connectivity index (χ0v) is 19.4. The van der Waals surface area contributed by atoms with Crippen LogP contribution in [0.3, 0.4) is 0 Å². The molecule has 0 saturated heterocycles. The van der Waals surface area contributed by atoms with Gasteiger partial charge in [-0.15, -0.1) is 0 Å². The number of phenols is 1. The molecule has 1 aromatic heterocycles. The largest absolute Gasteiger partial charge is 0.504 e. The van der Waals surface area contributed by atoms with Crippen molar-refractivity contribution in [3.8, 4) is 11.5 Å². The summed E-state index contributed by atoms with van der Waals surface area (Å²) in [4.78, 5) is 4.45. The molecule has 1 heterocycles. The molecule has 0 aliphatic heterocycles. The highest BCUT2D eigenvalue weighted by Gasteiger charge is 2.32. The van der Waals surface area contributed by atoms with Crippen LogP contribution in [0.15, 0.2) is 30.5 Å². The number of aromatic hydroxyl groups is 1. The molecule has 0 aliphatic rings. The van der Waals surface area contributed by atoms with E-state index >= 15 is 0 Å². The van der Waals surface area contributed by atoms with E-state index in [-0.39, 0.29) is 19.0 Å². The highest BCUT2D eigenvalue weighted by molar-refractivity contribution is 7.65. The number of pyridine rings is 1. The number of aromatic nitrogens is 1. The van der Waals surface area contributed by atoms with Crippen molar-refractivity contribution in [2.75, 3.05) is 25.1 Å². The summed E-state index contributed by atoms with van der Waals surface area (Å²) >= 11 is 0. The molecule has 0 bridgehead atoms. The van der Waals surface area contributed by atoms with Crippen LogP contribution in [0.5, 0.6) is 11.5 Å². The Kier molecular flexibility index (Phi) is 8.47. The van der Waals surface area contributed by atoms with E-state index in [1.807, 2.05) is 32.9 Å². The maximum absolute atomic E-state index is 13.7. The summed E-state index contributed by atoms with van der Waals surface area (Å²) in [7, 11) is -3.65. The molecule has 30 heavy (non-hydrogen) atoms. The molecule has 0 unspecified atom stereocenters. The van der Waals surface area contributed by atoms with Gasteiger partial charge in [-0.1, -0.05) is 0 Å². The number of phenolic OH excluding ortho intramolecular Hbond substituents is 1. The Morgan fingerprint density at radius 2 is 1.77 bits per heavy atom. The lowest BCUT2D eigenvalue weighted by molar-refractivity contribution is 0.230. The number of hydrogen-bond acceptors (Lipinski definition) is 7. The van der Waals surface area contributed by atoms with Crippen molar-refractivity contribution >= 4 is 18.6 Å². The van der Waals surface area contributed by atoms with Crippen molar-refractivity contribution in [3.63, 3.8) is 0 Å². The topological polar surface area (TPSA) is 89.9 Å². The number of anilines is 1. The van der Waals surface area contributed by atoms with E-state index in [4.69, 9.17) is 13.8 Å². The van der Waals surface area contributed by atoms with Gasteiger partial charge in [0.1, 0.15) is 0 Å². The van der Waals surface area contributed by atoms with Crippen molar-refractivity contribution < 1.29 is 23.5 Å². The van der Waals surface area contributed by atoms with E-state index < -0.39 is 7.60 Å². The van der Waals surface area contributed by atoms with Gasteiger partial charge in [-0.25, -0.2) is 0 Å². The van der Waals surface area contributed by atoms with Crippen LogP contribution in [0.1, 0.15) is 43.3 Å². The van der Waals surface area contributed by atoms with Crippen LogP contribution in [0.2, 0.25) is 0 Å². The SMILES string of the molecule is CCOc1cc(/C(=C\Nc2ccc(C)nc2C)P(=O)(OCC)OCC)cc(C)c1O. The molecule has 0 fully saturated rings. The van der Waals surface area contributed by atoms with Crippen molar-refractivity contribution in [3.05, 3.63) is 53.0 Å². The minimum Gasteiger partial charge on any atom is -0.504 e. The lowest BCUT2D eigenvalue weighted by atomic mass is 10.1. The van der Waals surface area contributed by atoms with Gasteiger partial charge in [-0.3, -0.25) is 9.55 Å². The monoisotopic (exact) mass is 434 g/mol. The van der Waals surface area contributed by atoms with Crippen molar-refractivity contribution in [2.45, 2.75) is 41.5 Å². The minimum absolute atomic E-state index is 0.0501. The Morgan fingerprint density at radius 3 is 2.33 bits per heavy atom. The van der Waals surface area contributed by atoms with Crippen molar-refractivity contribution in [2.24, 2.45) is 0 Å². The predicted octanol–water partition coefficient (Wildman–Crippen LogP) is 5.79. The Hall–Kier alpha value is -2.34. The molecule has 7 nitrogen and oxygen atoms in total. The second-order valence-electron chi connectivity index (χ2n) is 6.67. The van der Waals surface area contributed by atoms with E-state index in [0.717, 1.165) is 17.1 Å². The van der Waals surface area contributed by atoms with Gasteiger partial charge in [0.15, 0.2) is 11.5 Å². The smallest absolute Gasteiger partial charge is 0.363 e. The summed E-state index contributed by atoms with van der Waals surface area (Å²) in [6.07, 6.45) is 1.62. The fourth-order valence-electron chi connectivity index (χ4n) is 2.98. The molecule has 0 radical (unpaired) electrons. The molecule has 0 amide bonds. The van der Waals surface area contributed by atoms with Crippen LogP contribution in [0.25, 0.3) is 5.31 Å². The normalized spacial score (nSPS) is 12.1. The molecule has 1 aromatic carbocycles. The summed E-state index contributed by atoms with van der Waals surface area (Å²) in [6.45, 7) is 11.7. The maximum atomic E-state index is 13.7. The molecule has 0 aliphatic carbocycles. The molecule has 0 spiro atoms. The van der Waals surface area contributed by atoms with E-state index in [2.05, 4.69) is 10.3 Å². The number of benzene rings is 1. The van der Waals surface area contributed by atoms with Gasteiger partial charge in [0, 0.05) is 11.9 Å². The standard InChI is InChI=1S/C22H31N2O5P/c1-7-27-20-13-18(12-15(4)22(20)25)21(30(26,28-8-2)29-9-3)14-23-19-11-10-16(5)24-17(19)6/h10-14,23,25H,7-9H2,1-6H3/b21-14+. The summed E-state index contributed by atoms with van der Waals surface area (Å²) in [6, 6.07) is 7.18. The van der Waals surface area contributed by atoms with Crippen LogP contribution < -0.4 is 10.1 Å². The van der Waals surface area contributed by atoms with Crippen molar-refractivity contribution in [1.82, 2.24) is 4.98 Å². The summed E-state index contributed by atoms with van der Waals surface area (Å²) in [5, 5.41) is 13.8. The summed E-state index contributed by atoms with van der Waals surface area (Å²) < 4.78 is 30.4. The summed E-state index contributed by atoms with van der Waals surface area (Å²) in [5.74, 6) is 0.361. The third-order valence-corrected chi connectivity index (χ3v) is 6.52. The van der Waals surface area contributed by atoms with Crippen molar-refractivity contribution in [1.29, 1.82) is 0 Å². The highest BCUT2D eigenvalue weighted by Crippen LogP contribution is 2.61. The average Bonchev–Trinajstić information content (AvgIpc) is 2.67. The van der Waals surface area contributed by atoms with Gasteiger partial charge in [-0.2, -0.15) is 0 Å². The lowest BCUT2D eigenvalue weighted by Gasteiger charge is -2.22. The van der Waals surface area contributed by atoms with Gasteiger partial charge in [0.05, 0.1) is 36.5 Å². The Balaban J connectivity index is 2.63. The minimum atomic E-state index is -3.65. The highest BCUT2D eigenvalue weighted by atomic mass is 31.2. The molecule has 0 saturated carbocycles. The third-order valence-electron chi connectivity index (χ3n) is 4.34. The molecule has 0 atom stereocenters. The fraction of sp³-hybridized carbons (Fsp3) is 0.409. The van der Waals surface area contributed by atoms with Crippen LogP contribution in [-0.4, -0.2) is 29.9 Å². The summed E-state index contributed by atoms with van der Waals surface area (Å²) in [5.41, 5.74) is 3.66. The van der Waals surface area contributed by atoms with Crippen LogP contribution in [0, 0.1) is 20.8 Å². The third kappa shape index (κ3) is 5.63. The second kappa shape index (κ2) is 10.6. The molecule has 2 N–H and O–H groups in total. The quantitative estimate of drug-likeness (QED) is 0.458. The number of nitrogens with one attached hydrogen (secondary N) is 1. The Morgan fingerprint density at radius 1 is 1.10 bits per heavy atom. The van der Waals surface area contributed by atoms with E-state index in [1.165, 1.54) is 0 Å². The van der Waals surface area contributed by atoms with E-state index in [9.17, 15) is 9.67 Å². The van der Waals surface area contributed by atoms with Gasteiger partial charge >= 0.3 is 7.60 Å². The fourth-order valence-corrected chi connectivity index (χ4v) is 4.68. The first kappa shape index (κ1) is 23.9. The first-order valence-corrected chi connectivity index (χ1v) is 11.6. The second-order valence-corrected chi connectivity index (χ2v) is 8.66. The lowest BCUT2D eigenvalue weighted by Crippen LogP contribution is -2.03. The van der Waals surface area contributed by atoms with E-state index in [0.29, 0.717) is 28.8 Å². The van der Waals surface area contributed by atoms with Gasteiger partial charge in [0.2, 0.25) is 0 Å². The molecule has 2 rings (SSSR count). The van der Waals surface area contributed by atoms with Crippen LogP contribution in [-0.2, 0) is 13.6 Å². The molecule has 2 aromatic rings. The van der Waals surface area contributed by atoms with Gasteiger partial charge < -0.3 is 24.2 Å². The Labute approximate surface area is 178 Å². The number of aryl methyl sites for hydroxylation is 3. The number of rotatable bonds is 10. The zero-order chi connectivity index (χ0) is 22.3. The first-order valence-electron chi connectivity index (χ1n) is 10.0. The zero-order valence-electron chi connectivity index (χ0n) is 18.5. The van der Waals surface area contributed by atoms with Gasteiger partial charge in [0.25, 0.3) is 0 Å². The molecule has 8 heteroatoms.